The van der Waals surface area contributed by atoms with Gasteiger partial charge in [-0.25, -0.2) is 4.79 Å². The van der Waals surface area contributed by atoms with Crippen LogP contribution in [0.5, 0.6) is 0 Å². The number of carbonyl (C=O) groups is 2. The summed E-state index contributed by atoms with van der Waals surface area (Å²) >= 11 is 9.13. The molecule has 11 heteroatoms. The number of urea groups is 1. The molecular weight excluding hydrogens is 529 g/mol. The summed E-state index contributed by atoms with van der Waals surface area (Å²) in [4.78, 5) is 25.4. The second-order valence-corrected chi connectivity index (χ2v) is 8.75. The van der Waals surface area contributed by atoms with Crippen molar-refractivity contribution in [2.75, 3.05) is 0 Å². The third-order valence-electron chi connectivity index (χ3n) is 5.28. The summed E-state index contributed by atoms with van der Waals surface area (Å²) < 4.78 is 48.5. The molecule has 2 heterocycles. The van der Waals surface area contributed by atoms with E-state index in [4.69, 9.17) is 16.0 Å². The number of nitrogens with one attached hydrogen (secondary N) is 2. The van der Waals surface area contributed by atoms with Gasteiger partial charge in [-0.15, -0.1) is 0 Å². The first-order valence-corrected chi connectivity index (χ1v) is 10.7. The van der Waals surface area contributed by atoms with Crippen molar-refractivity contribution in [2.45, 2.75) is 17.9 Å². The molecule has 0 radical (unpaired) electrons. The Morgan fingerprint density at radius 3 is 2.30 bits per heavy atom. The molecule has 3 aromatic rings. The van der Waals surface area contributed by atoms with E-state index in [9.17, 15) is 27.9 Å². The first kappa shape index (κ1) is 23.3. The van der Waals surface area contributed by atoms with Crippen molar-refractivity contribution in [3.63, 3.8) is 0 Å². The Bertz CT molecular complexity index is 1200. The normalized spacial score (nSPS) is 23.0. The molecule has 3 atom stereocenters. The van der Waals surface area contributed by atoms with Gasteiger partial charge >= 0.3 is 12.2 Å². The molecule has 172 valence electrons. The van der Waals surface area contributed by atoms with E-state index in [0.717, 1.165) is 4.47 Å². The van der Waals surface area contributed by atoms with Crippen LogP contribution in [0.4, 0.5) is 18.0 Å². The smallest absolute Gasteiger partial charge is 0.437 e. The molecule has 0 saturated carbocycles. The molecule has 1 aliphatic rings. The lowest BCUT2D eigenvalue weighted by Crippen LogP contribution is -2.72. The van der Waals surface area contributed by atoms with Gasteiger partial charge in [0.15, 0.2) is 5.78 Å². The average molecular weight is 544 g/mol. The van der Waals surface area contributed by atoms with Crippen molar-refractivity contribution in [3.05, 3.63) is 81.5 Å². The van der Waals surface area contributed by atoms with E-state index in [1.54, 1.807) is 24.3 Å². The van der Waals surface area contributed by atoms with Crippen LogP contribution in [0.1, 0.15) is 22.2 Å². The Balaban J connectivity index is 1.80. The van der Waals surface area contributed by atoms with E-state index in [2.05, 4.69) is 21.2 Å². The number of benzene rings is 2. The van der Waals surface area contributed by atoms with Crippen molar-refractivity contribution in [2.24, 2.45) is 5.92 Å². The first-order chi connectivity index (χ1) is 15.5. The van der Waals surface area contributed by atoms with Crippen molar-refractivity contribution in [3.8, 4) is 11.3 Å². The molecule has 4 rings (SSSR count). The van der Waals surface area contributed by atoms with Crippen molar-refractivity contribution < 1.29 is 32.3 Å². The number of hydrogen-bond acceptors (Lipinski definition) is 4. The maximum Gasteiger partial charge on any atom is 0.437 e. The predicted octanol–water partition coefficient (Wildman–Crippen LogP) is 5.47. The lowest BCUT2D eigenvalue weighted by atomic mass is 9.79. The van der Waals surface area contributed by atoms with Crippen molar-refractivity contribution in [1.29, 1.82) is 0 Å². The topological polar surface area (TPSA) is 91.6 Å². The standard InChI is InChI=1S/C22H15BrClF3N2O4/c23-13-5-1-11(2-6-13)15-9-10-16(33-15)18-17(19(30)12-3-7-14(24)8-4-12)21(32,22(25,26)27)29-20(31)28-18/h1-10,17-18,32H,(H2,28,29,31)/t17-,18+,21-/m0/s1. The lowest BCUT2D eigenvalue weighted by molar-refractivity contribution is -0.288. The Kier molecular flexibility index (Phi) is 6.02. The third-order valence-corrected chi connectivity index (χ3v) is 6.06. The first-order valence-electron chi connectivity index (χ1n) is 9.53. The van der Waals surface area contributed by atoms with E-state index in [1.807, 2.05) is 0 Å². The van der Waals surface area contributed by atoms with E-state index in [-0.39, 0.29) is 16.3 Å². The van der Waals surface area contributed by atoms with Crippen LogP contribution in [0, 0.1) is 5.92 Å². The zero-order chi connectivity index (χ0) is 24.0. The van der Waals surface area contributed by atoms with Crippen LogP contribution >= 0.6 is 27.5 Å². The van der Waals surface area contributed by atoms with Crippen LogP contribution in [0.25, 0.3) is 11.3 Å². The zero-order valence-corrected chi connectivity index (χ0v) is 18.8. The molecule has 33 heavy (non-hydrogen) atoms. The van der Waals surface area contributed by atoms with Crippen molar-refractivity contribution in [1.82, 2.24) is 10.6 Å². The molecule has 1 fully saturated rings. The van der Waals surface area contributed by atoms with Gasteiger partial charge in [0, 0.05) is 20.6 Å². The van der Waals surface area contributed by atoms with E-state index in [0.29, 0.717) is 11.3 Å². The molecule has 1 aliphatic heterocycles. The second kappa shape index (κ2) is 8.51. The van der Waals surface area contributed by atoms with Crippen LogP contribution in [0.15, 0.2) is 69.6 Å². The van der Waals surface area contributed by atoms with Crippen LogP contribution in [0.2, 0.25) is 5.02 Å². The molecule has 6 nitrogen and oxygen atoms in total. The van der Waals surface area contributed by atoms with Crippen molar-refractivity contribution >= 4 is 39.3 Å². The molecule has 0 unspecified atom stereocenters. The fourth-order valence-electron chi connectivity index (χ4n) is 3.66. The summed E-state index contributed by atoms with van der Waals surface area (Å²) in [6.07, 6.45) is -5.36. The van der Waals surface area contributed by atoms with Crippen LogP contribution in [0.3, 0.4) is 0 Å². The average Bonchev–Trinajstić information content (AvgIpc) is 3.23. The quantitative estimate of drug-likeness (QED) is 0.381. The van der Waals surface area contributed by atoms with Gasteiger partial charge < -0.3 is 20.2 Å². The van der Waals surface area contributed by atoms with E-state index in [1.165, 1.54) is 41.7 Å². The molecule has 0 aliphatic carbocycles. The van der Waals surface area contributed by atoms with Crippen LogP contribution in [-0.4, -0.2) is 28.8 Å². The van der Waals surface area contributed by atoms with Crippen LogP contribution in [-0.2, 0) is 0 Å². The molecular formula is C22H15BrClF3N2O4. The monoisotopic (exact) mass is 542 g/mol. The molecule has 0 bridgehead atoms. The van der Waals surface area contributed by atoms with Gasteiger partial charge in [-0.1, -0.05) is 39.7 Å². The Morgan fingerprint density at radius 2 is 1.70 bits per heavy atom. The van der Waals surface area contributed by atoms with Gasteiger partial charge in [0.2, 0.25) is 5.72 Å². The number of carbonyl (C=O) groups excluding carboxylic acids is 2. The number of Topliss-reactive ketones (excluding diaryl/α,β-unsaturated/α-hetero) is 1. The molecule has 2 amide bonds. The Labute approximate surface area is 198 Å². The number of halogens is 5. The highest BCUT2D eigenvalue weighted by Crippen LogP contribution is 2.44. The fraction of sp³-hybridized carbons (Fsp3) is 0.182. The summed E-state index contributed by atoms with van der Waals surface area (Å²) in [6.45, 7) is 0. The Hall–Kier alpha value is -2.82. The highest BCUT2D eigenvalue weighted by atomic mass is 79.9. The predicted molar refractivity (Wildman–Crippen MR) is 117 cm³/mol. The number of amides is 2. The molecule has 2 aromatic carbocycles. The second-order valence-electron chi connectivity index (χ2n) is 7.40. The number of furan rings is 1. The zero-order valence-electron chi connectivity index (χ0n) is 16.5. The highest BCUT2D eigenvalue weighted by molar-refractivity contribution is 9.10. The minimum atomic E-state index is -5.36. The van der Waals surface area contributed by atoms with Gasteiger partial charge in [-0.2, -0.15) is 13.2 Å². The molecule has 3 N–H and O–H groups in total. The van der Waals surface area contributed by atoms with Gasteiger partial charge in [0.25, 0.3) is 0 Å². The lowest BCUT2D eigenvalue weighted by Gasteiger charge is -2.44. The number of aliphatic hydroxyl groups is 1. The minimum absolute atomic E-state index is 0.127. The van der Waals surface area contributed by atoms with E-state index >= 15 is 0 Å². The van der Waals surface area contributed by atoms with Crippen LogP contribution < -0.4 is 10.6 Å². The molecule has 0 spiro atoms. The maximum atomic E-state index is 14.0. The SMILES string of the molecule is O=C1N[C@H](c2ccc(-c3ccc(Br)cc3)o2)[C@@H](C(=O)c2ccc(Cl)cc2)[C@](O)(C(F)(F)F)N1. The molecule has 1 saturated heterocycles. The Morgan fingerprint density at radius 1 is 1.06 bits per heavy atom. The number of rotatable bonds is 4. The molecule has 1 aromatic heterocycles. The third kappa shape index (κ3) is 4.38. The summed E-state index contributed by atoms with van der Waals surface area (Å²) in [6, 6.07) is 12.0. The summed E-state index contributed by atoms with van der Waals surface area (Å²) in [5.41, 5.74) is -3.35. The highest BCUT2D eigenvalue weighted by Gasteiger charge is 2.66. The van der Waals surface area contributed by atoms with E-state index < -0.39 is 35.7 Å². The minimum Gasteiger partial charge on any atom is -0.459 e. The van der Waals surface area contributed by atoms with Gasteiger partial charge in [0.05, 0.1) is 0 Å². The number of hydrogen-bond donors (Lipinski definition) is 3. The van der Waals surface area contributed by atoms with Gasteiger partial charge in [0.1, 0.15) is 23.5 Å². The maximum absolute atomic E-state index is 14.0. The summed E-state index contributed by atoms with van der Waals surface area (Å²) in [5.74, 6) is -3.08. The van der Waals surface area contributed by atoms with Gasteiger partial charge in [-0.05, 0) is 48.5 Å². The number of ketones is 1. The summed E-state index contributed by atoms with van der Waals surface area (Å²) in [5, 5.41) is 14.7. The fourth-order valence-corrected chi connectivity index (χ4v) is 4.05. The largest absolute Gasteiger partial charge is 0.459 e. The van der Waals surface area contributed by atoms with Gasteiger partial charge in [-0.3, -0.25) is 4.79 Å². The number of alkyl halides is 3. The summed E-state index contributed by atoms with van der Waals surface area (Å²) in [7, 11) is 0.